The van der Waals surface area contributed by atoms with Gasteiger partial charge in [0.1, 0.15) is 0 Å². The van der Waals surface area contributed by atoms with Gasteiger partial charge in [-0.1, -0.05) is 26.0 Å². The van der Waals surface area contributed by atoms with Crippen LogP contribution in [-0.4, -0.2) is 12.3 Å². The van der Waals surface area contributed by atoms with Crippen molar-refractivity contribution >= 4 is 5.71 Å². The first-order chi connectivity index (χ1) is 7.50. The van der Waals surface area contributed by atoms with Crippen LogP contribution in [0.1, 0.15) is 37.0 Å². The molecule has 0 radical (unpaired) electrons. The molecule has 2 heteroatoms. The molecule has 2 nitrogen and oxygen atoms in total. The maximum absolute atomic E-state index is 4.49. The molecule has 0 spiro atoms. The van der Waals surface area contributed by atoms with Gasteiger partial charge in [0.2, 0.25) is 0 Å². The minimum absolute atomic E-state index is 0.174. The molecule has 0 amide bonds. The van der Waals surface area contributed by atoms with E-state index in [1.165, 1.54) is 22.4 Å². The highest BCUT2D eigenvalue weighted by atomic mass is 15.3. The van der Waals surface area contributed by atoms with Crippen LogP contribution in [0.2, 0.25) is 0 Å². The van der Waals surface area contributed by atoms with E-state index in [-0.39, 0.29) is 5.41 Å². The van der Waals surface area contributed by atoms with E-state index in [0.717, 1.165) is 13.0 Å². The van der Waals surface area contributed by atoms with Crippen LogP contribution in [0.5, 0.6) is 0 Å². The van der Waals surface area contributed by atoms with Crippen LogP contribution in [0.15, 0.2) is 23.3 Å². The quantitative estimate of drug-likeness (QED) is 0.766. The molecular formula is C14H20N2. The Morgan fingerprint density at radius 3 is 2.56 bits per heavy atom. The molecule has 86 valence electrons. The molecule has 0 unspecified atom stereocenters. The van der Waals surface area contributed by atoms with Gasteiger partial charge < -0.3 is 5.43 Å². The monoisotopic (exact) mass is 216 g/mol. The first-order valence-electron chi connectivity index (χ1n) is 5.89. The third-order valence-electron chi connectivity index (χ3n) is 3.47. The first kappa shape index (κ1) is 11.2. The Hall–Kier alpha value is -1.31. The Labute approximate surface area is 97.8 Å². The summed E-state index contributed by atoms with van der Waals surface area (Å²) in [6, 6.07) is 6.59. The third-order valence-corrected chi connectivity index (χ3v) is 3.47. The van der Waals surface area contributed by atoms with Crippen molar-refractivity contribution < 1.29 is 0 Å². The Bertz CT molecular complexity index is 430. The minimum atomic E-state index is 0.174. The van der Waals surface area contributed by atoms with Crippen molar-refractivity contribution in [3.63, 3.8) is 0 Å². The van der Waals surface area contributed by atoms with Crippen molar-refractivity contribution in [1.82, 2.24) is 5.43 Å². The van der Waals surface area contributed by atoms with Gasteiger partial charge in [0.15, 0.2) is 0 Å². The molecular weight excluding hydrogens is 196 g/mol. The zero-order valence-corrected chi connectivity index (χ0v) is 10.6. The van der Waals surface area contributed by atoms with Gasteiger partial charge >= 0.3 is 0 Å². The standard InChI is InChI=1S/C14H20N2/c1-10-5-6-12(9-11(10)2)13-14(3,4)7-8-15-16-13/h5-6,9,15H,7-8H2,1-4H3. The number of benzene rings is 1. The van der Waals surface area contributed by atoms with Crippen molar-refractivity contribution in [3.8, 4) is 0 Å². The van der Waals surface area contributed by atoms with Gasteiger partial charge in [0.25, 0.3) is 0 Å². The molecule has 1 heterocycles. The molecule has 0 saturated heterocycles. The van der Waals surface area contributed by atoms with Crippen LogP contribution in [-0.2, 0) is 0 Å². The SMILES string of the molecule is Cc1ccc(C2=NNCCC2(C)C)cc1C. The topological polar surface area (TPSA) is 24.4 Å². The van der Waals surface area contributed by atoms with Gasteiger partial charge in [-0.15, -0.1) is 0 Å². The molecule has 1 aromatic rings. The van der Waals surface area contributed by atoms with Crippen molar-refractivity contribution in [2.24, 2.45) is 10.5 Å². The van der Waals surface area contributed by atoms with Gasteiger partial charge in [-0.25, -0.2) is 0 Å². The molecule has 0 atom stereocenters. The highest BCUT2D eigenvalue weighted by molar-refractivity contribution is 6.04. The summed E-state index contributed by atoms with van der Waals surface area (Å²) in [6.07, 6.45) is 1.14. The number of nitrogens with zero attached hydrogens (tertiary/aromatic N) is 1. The van der Waals surface area contributed by atoms with Gasteiger partial charge in [0, 0.05) is 12.0 Å². The molecule has 0 aromatic heterocycles. The predicted molar refractivity (Wildman–Crippen MR) is 68.9 cm³/mol. The highest BCUT2D eigenvalue weighted by Crippen LogP contribution is 2.29. The van der Waals surface area contributed by atoms with E-state index in [1.54, 1.807) is 0 Å². The first-order valence-corrected chi connectivity index (χ1v) is 5.89. The molecule has 0 bridgehead atoms. The Morgan fingerprint density at radius 1 is 1.19 bits per heavy atom. The molecule has 1 aromatic carbocycles. The number of hydrogen-bond donors (Lipinski definition) is 1. The second-order valence-corrected chi connectivity index (χ2v) is 5.30. The van der Waals surface area contributed by atoms with E-state index in [4.69, 9.17) is 0 Å². The van der Waals surface area contributed by atoms with E-state index >= 15 is 0 Å². The summed E-state index contributed by atoms with van der Waals surface area (Å²) < 4.78 is 0. The van der Waals surface area contributed by atoms with Crippen molar-refractivity contribution in [2.45, 2.75) is 34.1 Å². The summed E-state index contributed by atoms with van der Waals surface area (Å²) in [5, 5.41) is 4.49. The molecule has 0 aliphatic carbocycles. The summed E-state index contributed by atoms with van der Waals surface area (Å²) in [7, 11) is 0. The van der Waals surface area contributed by atoms with Crippen molar-refractivity contribution in [2.75, 3.05) is 6.54 Å². The molecule has 0 fully saturated rings. The van der Waals surface area contributed by atoms with Gasteiger partial charge in [-0.05, 0) is 43.0 Å². The summed E-state index contributed by atoms with van der Waals surface area (Å²) in [5.41, 5.74) is 8.39. The van der Waals surface area contributed by atoms with E-state index in [2.05, 4.69) is 56.4 Å². The highest BCUT2D eigenvalue weighted by Gasteiger charge is 2.28. The number of hydrazone groups is 1. The van der Waals surface area contributed by atoms with Crippen LogP contribution in [0.25, 0.3) is 0 Å². The fourth-order valence-corrected chi connectivity index (χ4v) is 2.12. The van der Waals surface area contributed by atoms with Crippen molar-refractivity contribution in [3.05, 3.63) is 34.9 Å². The number of aryl methyl sites for hydroxylation is 2. The lowest BCUT2D eigenvalue weighted by molar-refractivity contribution is 0.428. The third kappa shape index (κ3) is 1.97. The average molecular weight is 216 g/mol. The lowest BCUT2D eigenvalue weighted by atomic mass is 9.79. The summed E-state index contributed by atoms with van der Waals surface area (Å²) >= 11 is 0. The summed E-state index contributed by atoms with van der Waals surface area (Å²) in [5.74, 6) is 0. The number of hydrogen-bond acceptors (Lipinski definition) is 2. The van der Waals surface area contributed by atoms with E-state index in [1.807, 2.05) is 0 Å². The zero-order valence-electron chi connectivity index (χ0n) is 10.6. The van der Waals surface area contributed by atoms with Gasteiger partial charge in [-0.3, -0.25) is 0 Å². The Balaban J connectivity index is 2.43. The van der Waals surface area contributed by atoms with Crippen LogP contribution in [0.4, 0.5) is 0 Å². The van der Waals surface area contributed by atoms with Crippen LogP contribution in [0, 0.1) is 19.3 Å². The minimum Gasteiger partial charge on any atom is -0.310 e. The van der Waals surface area contributed by atoms with Gasteiger partial charge in [0.05, 0.1) is 5.71 Å². The fourth-order valence-electron chi connectivity index (χ4n) is 2.12. The normalized spacial score (nSPS) is 18.9. The zero-order chi connectivity index (χ0) is 11.8. The largest absolute Gasteiger partial charge is 0.310 e. The lowest BCUT2D eigenvalue weighted by Gasteiger charge is -2.31. The lowest BCUT2D eigenvalue weighted by Crippen LogP contribution is -2.35. The van der Waals surface area contributed by atoms with E-state index in [9.17, 15) is 0 Å². The maximum Gasteiger partial charge on any atom is 0.0732 e. The molecule has 0 saturated carbocycles. The molecule has 16 heavy (non-hydrogen) atoms. The number of nitrogens with one attached hydrogen (secondary N) is 1. The predicted octanol–water partition coefficient (Wildman–Crippen LogP) is 3.03. The van der Waals surface area contributed by atoms with Gasteiger partial charge in [-0.2, -0.15) is 5.10 Å². The second-order valence-electron chi connectivity index (χ2n) is 5.30. The number of rotatable bonds is 1. The van der Waals surface area contributed by atoms with Crippen molar-refractivity contribution in [1.29, 1.82) is 0 Å². The van der Waals surface area contributed by atoms with Crippen LogP contribution >= 0.6 is 0 Å². The smallest absolute Gasteiger partial charge is 0.0732 e. The Morgan fingerprint density at radius 2 is 1.94 bits per heavy atom. The maximum atomic E-state index is 4.49. The van der Waals surface area contributed by atoms with Crippen LogP contribution in [0.3, 0.4) is 0 Å². The molecule has 1 aliphatic rings. The molecule has 2 rings (SSSR count). The van der Waals surface area contributed by atoms with Crippen LogP contribution < -0.4 is 5.43 Å². The van der Waals surface area contributed by atoms with E-state index in [0.29, 0.717) is 0 Å². The second kappa shape index (κ2) is 3.93. The Kier molecular flexibility index (Phi) is 2.75. The molecule has 1 N–H and O–H groups in total. The summed E-state index contributed by atoms with van der Waals surface area (Å²) in [4.78, 5) is 0. The fraction of sp³-hybridized carbons (Fsp3) is 0.500. The summed E-state index contributed by atoms with van der Waals surface area (Å²) in [6.45, 7) is 9.80. The molecule has 1 aliphatic heterocycles. The van der Waals surface area contributed by atoms with E-state index < -0.39 is 0 Å². The average Bonchev–Trinajstić information content (AvgIpc) is 2.22.